The summed E-state index contributed by atoms with van der Waals surface area (Å²) in [6.45, 7) is 5.83. The molecule has 1 saturated carbocycles. The predicted molar refractivity (Wildman–Crippen MR) is 95.3 cm³/mol. The SMILES string of the molecule is CC(OC1CCCC1)C(=O)Nc1ccc(-c2nc(C(C)C)no2)cc1. The summed E-state index contributed by atoms with van der Waals surface area (Å²) in [6.07, 6.45) is 4.25. The van der Waals surface area contributed by atoms with Crippen LogP contribution >= 0.6 is 0 Å². The molecule has 25 heavy (non-hydrogen) atoms. The van der Waals surface area contributed by atoms with Crippen LogP contribution in [0.25, 0.3) is 11.5 Å². The van der Waals surface area contributed by atoms with Crippen molar-refractivity contribution in [3.05, 3.63) is 30.1 Å². The van der Waals surface area contributed by atoms with E-state index in [0.717, 1.165) is 24.1 Å². The first-order valence-corrected chi connectivity index (χ1v) is 8.93. The average molecular weight is 343 g/mol. The summed E-state index contributed by atoms with van der Waals surface area (Å²) in [4.78, 5) is 16.6. The quantitative estimate of drug-likeness (QED) is 0.852. The number of anilines is 1. The van der Waals surface area contributed by atoms with Crippen molar-refractivity contribution in [3.63, 3.8) is 0 Å². The van der Waals surface area contributed by atoms with E-state index >= 15 is 0 Å². The summed E-state index contributed by atoms with van der Waals surface area (Å²) < 4.78 is 11.1. The fourth-order valence-electron chi connectivity index (χ4n) is 2.90. The van der Waals surface area contributed by atoms with Crippen molar-refractivity contribution in [1.82, 2.24) is 10.1 Å². The second-order valence-corrected chi connectivity index (χ2v) is 6.86. The molecule has 1 aliphatic carbocycles. The molecule has 6 nitrogen and oxygen atoms in total. The zero-order valence-electron chi connectivity index (χ0n) is 15.0. The van der Waals surface area contributed by atoms with Crippen LogP contribution in [0.3, 0.4) is 0 Å². The summed E-state index contributed by atoms with van der Waals surface area (Å²) in [6, 6.07) is 7.37. The Bertz CT molecular complexity index is 703. The number of rotatable bonds is 6. The van der Waals surface area contributed by atoms with Gasteiger partial charge in [0.25, 0.3) is 11.8 Å². The van der Waals surface area contributed by atoms with E-state index in [1.807, 2.05) is 38.1 Å². The summed E-state index contributed by atoms with van der Waals surface area (Å²) in [5.74, 6) is 1.27. The number of nitrogens with one attached hydrogen (secondary N) is 1. The van der Waals surface area contributed by atoms with Crippen LogP contribution in [0.2, 0.25) is 0 Å². The molecule has 3 rings (SSSR count). The first-order valence-electron chi connectivity index (χ1n) is 8.93. The highest BCUT2D eigenvalue weighted by molar-refractivity contribution is 5.94. The highest BCUT2D eigenvalue weighted by Gasteiger charge is 2.22. The molecule has 1 aromatic carbocycles. The molecule has 1 atom stereocenters. The molecular weight excluding hydrogens is 318 g/mol. The number of benzene rings is 1. The lowest BCUT2D eigenvalue weighted by Crippen LogP contribution is -2.30. The lowest BCUT2D eigenvalue weighted by Gasteiger charge is -2.18. The summed E-state index contributed by atoms with van der Waals surface area (Å²) in [5.41, 5.74) is 1.55. The van der Waals surface area contributed by atoms with Gasteiger partial charge >= 0.3 is 0 Å². The first kappa shape index (κ1) is 17.6. The Labute approximate surface area is 148 Å². The molecule has 1 amide bonds. The van der Waals surface area contributed by atoms with E-state index in [1.165, 1.54) is 12.8 Å². The smallest absolute Gasteiger partial charge is 0.257 e. The second-order valence-electron chi connectivity index (χ2n) is 6.86. The molecule has 1 N–H and O–H groups in total. The predicted octanol–water partition coefficient (Wildman–Crippen LogP) is 4.15. The minimum Gasteiger partial charge on any atom is -0.365 e. The van der Waals surface area contributed by atoms with E-state index in [4.69, 9.17) is 9.26 Å². The molecule has 0 bridgehead atoms. The molecule has 134 valence electrons. The molecular formula is C19H25N3O3. The molecule has 1 unspecified atom stereocenters. The fourth-order valence-corrected chi connectivity index (χ4v) is 2.90. The number of ether oxygens (including phenoxy) is 1. The molecule has 0 radical (unpaired) electrons. The van der Waals surface area contributed by atoms with Gasteiger partial charge in [-0.2, -0.15) is 4.98 Å². The van der Waals surface area contributed by atoms with Crippen molar-refractivity contribution >= 4 is 11.6 Å². The maximum Gasteiger partial charge on any atom is 0.257 e. The lowest BCUT2D eigenvalue weighted by atomic mass is 10.2. The van der Waals surface area contributed by atoms with E-state index in [1.54, 1.807) is 6.92 Å². The van der Waals surface area contributed by atoms with Crippen LogP contribution in [0, 0.1) is 0 Å². The van der Waals surface area contributed by atoms with Crippen LogP contribution < -0.4 is 5.32 Å². The van der Waals surface area contributed by atoms with Crippen LogP contribution in [0.1, 0.15) is 58.2 Å². The van der Waals surface area contributed by atoms with Gasteiger partial charge < -0.3 is 14.6 Å². The standard InChI is InChI=1S/C19H25N3O3/c1-12(2)17-21-19(25-22-17)14-8-10-15(11-9-14)20-18(23)13(3)24-16-6-4-5-7-16/h8-13,16H,4-7H2,1-3H3,(H,20,23). The van der Waals surface area contributed by atoms with Gasteiger partial charge in [0.2, 0.25) is 0 Å². The molecule has 1 heterocycles. The van der Waals surface area contributed by atoms with Crippen LogP contribution in [0.15, 0.2) is 28.8 Å². The van der Waals surface area contributed by atoms with Crippen molar-refractivity contribution in [1.29, 1.82) is 0 Å². The number of carbonyl (C=O) groups excluding carboxylic acids is 1. The number of hydrogen-bond acceptors (Lipinski definition) is 5. The van der Waals surface area contributed by atoms with Gasteiger partial charge in [0.05, 0.1) is 6.10 Å². The third-order valence-electron chi connectivity index (χ3n) is 4.43. The Balaban J connectivity index is 1.58. The molecule has 0 aliphatic heterocycles. The summed E-state index contributed by atoms with van der Waals surface area (Å²) in [7, 11) is 0. The van der Waals surface area contributed by atoms with Crippen molar-refractivity contribution in [2.45, 2.75) is 64.6 Å². The molecule has 6 heteroatoms. The fraction of sp³-hybridized carbons (Fsp3) is 0.526. The van der Waals surface area contributed by atoms with Crippen molar-refractivity contribution in [3.8, 4) is 11.5 Å². The number of carbonyl (C=O) groups is 1. The van der Waals surface area contributed by atoms with E-state index in [-0.39, 0.29) is 17.9 Å². The molecule has 1 fully saturated rings. The topological polar surface area (TPSA) is 77.2 Å². The van der Waals surface area contributed by atoms with Gasteiger partial charge in [-0.3, -0.25) is 4.79 Å². The second kappa shape index (κ2) is 7.78. The van der Waals surface area contributed by atoms with Crippen molar-refractivity contribution in [2.24, 2.45) is 0 Å². The van der Waals surface area contributed by atoms with Gasteiger partial charge in [0.15, 0.2) is 5.82 Å². The molecule has 1 aliphatic rings. The Morgan fingerprint density at radius 2 is 1.88 bits per heavy atom. The van der Waals surface area contributed by atoms with Crippen LogP contribution in [0.4, 0.5) is 5.69 Å². The lowest BCUT2D eigenvalue weighted by molar-refractivity contribution is -0.129. The molecule has 0 spiro atoms. The van der Waals surface area contributed by atoms with Gasteiger partial charge in [-0.15, -0.1) is 0 Å². The number of hydrogen-bond donors (Lipinski definition) is 1. The number of nitrogens with zero attached hydrogens (tertiary/aromatic N) is 2. The van der Waals surface area contributed by atoms with Crippen molar-refractivity contribution in [2.75, 3.05) is 5.32 Å². The largest absolute Gasteiger partial charge is 0.365 e. The van der Waals surface area contributed by atoms with Gasteiger partial charge in [-0.05, 0) is 44.0 Å². The normalized spacial score (nSPS) is 16.3. The van der Waals surface area contributed by atoms with Gasteiger partial charge in [0.1, 0.15) is 6.10 Å². The zero-order chi connectivity index (χ0) is 17.8. The third-order valence-corrected chi connectivity index (χ3v) is 4.43. The highest BCUT2D eigenvalue weighted by Crippen LogP contribution is 2.24. The Kier molecular flexibility index (Phi) is 5.48. The number of amides is 1. The van der Waals surface area contributed by atoms with E-state index in [9.17, 15) is 4.79 Å². The van der Waals surface area contributed by atoms with Gasteiger partial charge in [-0.1, -0.05) is 31.8 Å². The minimum absolute atomic E-state index is 0.125. The zero-order valence-corrected chi connectivity index (χ0v) is 15.0. The van der Waals surface area contributed by atoms with Gasteiger partial charge in [0, 0.05) is 17.2 Å². The van der Waals surface area contributed by atoms with Crippen LogP contribution in [0.5, 0.6) is 0 Å². The first-order chi connectivity index (χ1) is 12.0. The highest BCUT2D eigenvalue weighted by atomic mass is 16.5. The van der Waals surface area contributed by atoms with Crippen LogP contribution in [-0.4, -0.2) is 28.3 Å². The summed E-state index contributed by atoms with van der Waals surface area (Å²) >= 11 is 0. The minimum atomic E-state index is -0.452. The van der Waals surface area contributed by atoms with E-state index in [2.05, 4.69) is 15.5 Å². The molecule has 2 aromatic rings. The van der Waals surface area contributed by atoms with E-state index in [0.29, 0.717) is 11.7 Å². The maximum atomic E-state index is 12.3. The monoisotopic (exact) mass is 343 g/mol. The average Bonchev–Trinajstić information content (AvgIpc) is 3.27. The third kappa shape index (κ3) is 4.45. The maximum absolute atomic E-state index is 12.3. The Morgan fingerprint density at radius 1 is 1.20 bits per heavy atom. The Morgan fingerprint density at radius 3 is 2.48 bits per heavy atom. The molecule has 0 saturated heterocycles. The Hall–Kier alpha value is -2.21. The van der Waals surface area contributed by atoms with Crippen LogP contribution in [-0.2, 0) is 9.53 Å². The molecule has 1 aromatic heterocycles. The number of aromatic nitrogens is 2. The van der Waals surface area contributed by atoms with E-state index < -0.39 is 6.10 Å². The van der Waals surface area contributed by atoms with Crippen molar-refractivity contribution < 1.29 is 14.1 Å². The summed E-state index contributed by atoms with van der Waals surface area (Å²) in [5, 5.41) is 6.85. The van der Waals surface area contributed by atoms with Gasteiger partial charge in [-0.25, -0.2) is 0 Å².